The molecule has 0 bridgehead atoms. The van der Waals surface area contributed by atoms with Crippen molar-refractivity contribution in [1.82, 2.24) is 0 Å². The van der Waals surface area contributed by atoms with Crippen LogP contribution >= 0.6 is 24.8 Å². The van der Waals surface area contributed by atoms with Crippen LogP contribution in [0.3, 0.4) is 0 Å². The Labute approximate surface area is 80.0 Å². The predicted molar refractivity (Wildman–Crippen MR) is 52.4 cm³/mol. The number of halogens is 2. The highest BCUT2D eigenvalue weighted by Gasteiger charge is 1.80. The summed E-state index contributed by atoms with van der Waals surface area (Å²) in [6, 6.07) is 0. The number of hydrogen-bond donors (Lipinski definition) is 1. The van der Waals surface area contributed by atoms with Gasteiger partial charge in [0.25, 0.3) is 0 Å². The fourth-order valence-corrected chi connectivity index (χ4v) is 0.521. The third kappa shape index (κ3) is 17.7. The first-order valence-electron chi connectivity index (χ1n) is 3.23. The number of unbranched alkanes of at least 4 members (excludes halogenated alkanes) is 2. The molecule has 0 rings (SSSR count). The number of carbonyl (C=O) groups excluding carboxylic acids is 1. The van der Waals surface area contributed by atoms with Crippen LogP contribution < -0.4 is 5.73 Å². The molecule has 0 aliphatic rings. The topological polar surface area (TPSA) is 43.1 Å². The standard InChI is InChI=1S/C7H13NO.2ClH/c1-2-3-4-5-6-7(8)9;;/h5-6H,2-4H2,1H3,(H2,8,9);2*1H. The van der Waals surface area contributed by atoms with Crippen molar-refractivity contribution >= 4 is 30.7 Å². The first kappa shape index (κ1) is 17.0. The molecule has 0 saturated carbocycles. The van der Waals surface area contributed by atoms with E-state index < -0.39 is 0 Å². The molecule has 0 saturated heterocycles. The Kier molecular flexibility index (Phi) is 19.3. The lowest BCUT2D eigenvalue weighted by Gasteiger charge is -1.85. The second kappa shape index (κ2) is 12.5. The summed E-state index contributed by atoms with van der Waals surface area (Å²) in [7, 11) is 0. The van der Waals surface area contributed by atoms with Gasteiger partial charge < -0.3 is 5.73 Å². The van der Waals surface area contributed by atoms with Crippen molar-refractivity contribution in [1.29, 1.82) is 0 Å². The molecule has 1 amide bonds. The molecule has 0 radical (unpaired) electrons. The number of carbonyl (C=O) groups is 1. The summed E-state index contributed by atoms with van der Waals surface area (Å²) in [4.78, 5) is 10.1. The maximum atomic E-state index is 10.1. The predicted octanol–water partition coefficient (Wildman–Crippen LogP) is 2.06. The van der Waals surface area contributed by atoms with Gasteiger partial charge in [0.2, 0.25) is 5.91 Å². The molecule has 0 fully saturated rings. The summed E-state index contributed by atoms with van der Waals surface area (Å²) in [6.45, 7) is 2.11. The van der Waals surface area contributed by atoms with Crippen LogP contribution in [0.25, 0.3) is 0 Å². The molecule has 0 aliphatic heterocycles. The van der Waals surface area contributed by atoms with E-state index in [1.54, 1.807) is 0 Å². The van der Waals surface area contributed by atoms with E-state index in [1.807, 2.05) is 6.08 Å². The number of rotatable bonds is 4. The van der Waals surface area contributed by atoms with Gasteiger partial charge in [-0.25, -0.2) is 0 Å². The fraction of sp³-hybridized carbons (Fsp3) is 0.571. The number of nitrogens with two attached hydrogens (primary N) is 1. The molecule has 4 heteroatoms. The smallest absolute Gasteiger partial charge is 0.241 e. The highest BCUT2D eigenvalue weighted by molar-refractivity contribution is 5.86. The van der Waals surface area contributed by atoms with Gasteiger partial charge in [-0.1, -0.05) is 25.8 Å². The number of allylic oxidation sites excluding steroid dienone is 1. The van der Waals surface area contributed by atoms with Gasteiger partial charge in [-0.15, -0.1) is 24.8 Å². The molecule has 68 valence electrons. The van der Waals surface area contributed by atoms with E-state index in [4.69, 9.17) is 5.73 Å². The van der Waals surface area contributed by atoms with Crippen LogP contribution in [0.1, 0.15) is 26.2 Å². The zero-order chi connectivity index (χ0) is 7.11. The maximum Gasteiger partial charge on any atom is 0.241 e. The third-order valence-corrected chi connectivity index (χ3v) is 1.01. The summed E-state index contributed by atoms with van der Waals surface area (Å²) >= 11 is 0. The quantitative estimate of drug-likeness (QED) is 0.547. The van der Waals surface area contributed by atoms with Crippen molar-refractivity contribution in [2.24, 2.45) is 5.73 Å². The van der Waals surface area contributed by atoms with Crippen molar-refractivity contribution in [3.05, 3.63) is 12.2 Å². The SMILES string of the molecule is CCCCC=CC(N)=O.Cl.Cl. The van der Waals surface area contributed by atoms with Crippen LogP contribution in [0.4, 0.5) is 0 Å². The normalized spacial score (nSPS) is 8.45. The average molecular weight is 200 g/mol. The van der Waals surface area contributed by atoms with E-state index in [0.717, 1.165) is 19.3 Å². The molecule has 2 N–H and O–H groups in total. The molecule has 0 spiro atoms. The number of primary amides is 1. The van der Waals surface area contributed by atoms with Crippen molar-refractivity contribution in [2.75, 3.05) is 0 Å². The molecule has 2 nitrogen and oxygen atoms in total. The first-order valence-corrected chi connectivity index (χ1v) is 3.23. The molecule has 0 aromatic rings. The molecule has 0 aromatic carbocycles. The Bertz CT molecular complexity index is 115. The Morgan fingerprint density at radius 1 is 1.45 bits per heavy atom. The van der Waals surface area contributed by atoms with Crippen molar-refractivity contribution < 1.29 is 4.79 Å². The molecule has 0 aromatic heterocycles. The molecule has 0 unspecified atom stereocenters. The van der Waals surface area contributed by atoms with Gasteiger partial charge >= 0.3 is 0 Å². The Morgan fingerprint density at radius 2 is 2.00 bits per heavy atom. The summed E-state index contributed by atoms with van der Waals surface area (Å²) in [6.07, 6.45) is 6.47. The van der Waals surface area contributed by atoms with Crippen molar-refractivity contribution in [3.8, 4) is 0 Å². The highest BCUT2D eigenvalue weighted by Crippen LogP contribution is 1.93. The second-order valence-corrected chi connectivity index (χ2v) is 1.95. The van der Waals surface area contributed by atoms with Gasteiger partial charge in [0.15, 0.2) is 0 Å². The minimum atomic E-state index is -0.355. The van der Waals surface area contributed by atoms with Gasteiger partial charge in [-0.3, -0.25) is 4.79 Å². The van der Waals surface area contributed by atoms with Gasteiger partial charge in [0, 0.05) is 0 Å². The van der Waals surface area contributed by atoms with Crippen LogP contribution in [-0.4, -0.2) is 5.91 Å². The summed E-state index contributed by atoms with van der Waals surface area (Å²) < 4.78 is 0. The van der Waals surface area contributed by atoms with E-state index in [-0.39, 0.29) is 30.7 Å². The zero-order valence-corrected chi connectivity index (χ0v) is 8.21. The molecular formula is C7H15Cl2NO. The van der Waals surface area contributed by atoms with Gasteiger partial charge in [-0.05, 0) is 12.5 Å². The van der Waals surface area contributed by atoms with E-state index in [0.29, 0.717) is 0 Å². The van der Waals surface area contributed by atoms with Crippen molar-refractivity contribution in [2.45, 2.75) is 26.2 Å². The molecule has 0 atom stereocenters. The lowest BCUT2D eigenvalue weighted by Crippen LogP contribution is -2.05. The Balaban J connectivity index is -0.000000320. The molecule has 0 aliphatic carbocycles. The van der Waals surface area contributed by atoms with Crippen LogP contribution in [-0.2, 0) is 4.79 Å². The molecular weight excluding hydrogens is 185 g/mol. The van der Waals surface area contributed by atoms with Crippen LogP contribution in [0.2, 0.25) is 0 Å². The molecule has 0 heterocycles. The summed E-state index contributed by atoms with van der Waals surface area (Å²) in [5.74, 6) is -0.355. The minimum absolute atomic E-state index is 0. The van der Waals surface area contributed by atoms with E-state index in [2.05, 4.69) is 6.92 Å². The first-order chi connectivity index (χ1) is 4.27. The Hall–Kier alpha value is -0.210. The van der Waals surface area contributed by atoms with Crippen LogP contribution in [0, 0.1) is 0 Å². The summed E-state index contributed by atoms with van der Waals surface area (Å²) in [5.41, 5.74) is 4.85. The van der Waals surface area contributed by atoms with Gasteiger partial charge in [-0.2, -0.15) is 0 Å². The average Bonchev–Trinajstić information content (AvgIpc) is 1.80. The number of amides is 1. The monoisotopic (exact) mass is 199 g/mol. The second-order valence-electron chi connectivity index (χ2n) is 1.95. The lowest BCUT2D eigenvalue weighted by molar-refractivity contribution is -0.113. The van der Waals surface area contributed by atoms with Gasteiger partial charge in [0.1, 0.15) is 0 Å². The fourth-order valence-electron chi connectivity index (χ4n) is 0.521. The Morgan fingerprint density at radius 3 is 2.36 bits per heavy atom. The largest absolute Gasteiger partial charge is 0.366 e. The minimum Gasteiger partial charge on any atom is -0.366 e. The number of hydrogen-bond acceptors (Lipinski definition) is 1. The van der Waals surface area contributed by atoms with E-state index >= 15 is 0 Å². The van der Waals surface area contributed by atoms with Gasteiger partial charge in [0.05, 0.1) is 0 Å². The highest BCUT2D eigenvalue weighted by atomic mass is 35.5. The third-order valence-electron chi connectivity index (χ3n) is 1.01. The summed E-state index contributed by atoms with van der Waals surface area (Å²) in [5, 5.41) is 0. The van der Waals surface area contributed by atoms with Crippen molar-refractivity contribution in [3.63, 3.8) is 0 Å². The molecule has 11 heavy (non-hydrogen) atoms. The van der Waals surface area contributed by atoms with Crippen LogP contribution in [0.15, 0.2) is 12.2 Å². The van der Waals surface area contributed by atoms with Crippen LogP contribution in [0.5, 0.6) is 0 Å². The van der Waals surface area contributed by atoms with E-state index in [9.17, 15) is 4.79 Å². The lowest BCUT2D eigenvalue weighted by atomic mass is 10.2. The van der Waals surface area contributed by atoms with E-state index in [1.165, 1.54) is 6.08 Å². The maximum absolute atomic E-state index is 10.1. The zero-order valence-electron chi connectivity index (χ0n) is 6.58.